The van der Waals surface area contributed by atoms with Crippen LogP contribution in [0.2, 0.25) is 0 Å². The Labute approximate surface area is 70.0 Å². The third-order valence-corrected chi connectivity index (χ3v) is 3.12. The molecule has 0 spiro atoms. The predicted octanol–water partition coefficient (Wildman–Crippen LogP) is 2.32. The molecule has 1 saturated carbocycles. The van der Waals surface area contributed by atoms with E-state index in [9.17, 15) is 5.11 Å². The second kappa shape index (κ2) is 2.74. The van der Waals surface area contributed by atoms with Crippen molar-refractivity contribution >= 4 is 22.6 Å². The monoisotopic (exact) mass is 240 g/mol. The van der Waals surface area contributed by atoms with Crippen molar-refractivity contribution in [2.75, 3.05) is 0 Å². The summed E-state index contributed by atoms with van der Waals surface area (Å²) < 4.78 is -0.371. The molecule has 0 heterocycles. The first-order valence-corrected chi connectivity index (χ1v) is 4.59. The van der Waals surface area contributed by atoms with Gasteiger partial charge in [0.2, 0.25) is 0 Å². The standard InChI is InChI=1S/C7H13IO/c1-6-2-4-7(8,9)5-3-6/h6,9H,2-5H2,1H3. The molecule has 0 amide bonds. The van der Waals surface area contributed by atoms with Crippen molar-refractivity contribution in [3.05, 3.63) is 0 Å². The van der Waals surface area contributed by atoms with Gasteiger partial charge in [0, 0.05) is 0 Å². The van der Waals surface area contributed by atoms with Gasteiger partial charge in [0.05, 0.1) is 0 Å². The molecule has 9 heavy (non-hydrogen) atoms. The van der Waals surface area contributed by atoms with E-state index in [0.717, 1.165) is 18.8 Å². The molecular weight excluding hydrogens is 227 g/mol. The van der Waals surface area contributed by atoms with Gasteiger partial charge in [-0.1, -0.05) is 6.92 Å². The van der Waals surface area contributed by atoms with Gasteiger partial charge in [-0.3, -0.25) is 0 Å². The van der Waals surface area contributed by atoms with Gasteiger partial charge in [0.25, 0.3) is 0 Å². The van der Waals surface area contributed by atoms with Crippen LogP contribution >= 0.6 is 22.6 Å². The molecule has 1 nitrogen and oxygen atoms in total. The third kappa shape index (κ3) is 2.42. The van der Waals surface area contributed by atoms with E-state index in [1.807, 2.05) is 0 Å². The van der Waals surface area contributed by atoms with E-state index >= 15 is 0 Å². The molecular formula is C7H13IO. The average Bonchev–Trinajstić information content (AvgIpc) is 1.78. The van der Waals surface area contributed by atoms with E-state index in [-0.39, 0.29) is 3.61 Å². The van der Waals surface area contributed by atoms with Gasteiger partial charge in [-0.25, -0.2) is 0 Å². The van der Waals surface area contributed by atoms with Crippen LogP contribution in [0.15, 0.2) is 0 Å². The Balaban J connectivity index is 2.35. The topological polar surface area (TPSA) is 20.2 Å². The molecule has 1 N–H and O–H groups in total. The molecule has 0 aromatic rings. The van der Waals surface area contributed by atoms with Crippen LogP contribution in [-0.2, 0) is 0 Å². The second-order valence-corrected chi connectivity index (χ2v) is 5.11. The van der Waals surface area contributed by atoms with Gasteiger partial charge >= 0.3 is 0 Å². The van der Waals surface area contributed by atoms with Gasteiger partial charge in [-0.15, -0.1) is 0 Å². The maximum absolute atomic E-state index is 9.48. The SMILES string of the molecule is CC1CCC(O)(I)CC1. The fourth-order valence-electron chi connectivity index (χ4n) is 1.20. The van der Waals surface area contributed by atoms with Crippen molar-refractivity contribution in [2.24, 2.45) is 5.92 Å². The van der Waals surface area contributed by atoms with E-state index in [0.29, 0.717) is 0 Å². The van der Waals surface area contributed by atoms with Crippen LogP contribution in [0.1, 0.15) is 32.6 Å². The molecule has 2 heteroatoms. The van der Waals surface area contributed by atoms with E-state index in [4.69, 9.17) is 0 Å². The van der Waals surface area contributed by atoms with Gasteiger partial charge in [-0.2, -0.15) is 0 Å². The van der Waals surface area contributed by atoms with Crippen LogP contribution in [0.4, 0.5) is 0 Å². The van der Waals surface area contributed by atoms with Crippen LogP contribution < -0.4 is 0 Å². The zero-order valence-corrected chi connectivity index (χ0v) is 7.89. The summed E-state index contributed by atoms with van der Waals surface area (Å²) >= 11 is 2.16. The van der Waals surface area contributed by atoms with Crippen LogP contribution in [0.25, 0.3) is 0 Å². The summed E-state index contributed by atoms with van der Waals surface area (Å²) in [5, 5.41) is 9.48. The van der Waals surface area contributed by atoms with Crippen molar-refractivity contribution < 1.29 is 5.11 Å². The van der Waals surface area contributed by atoms with Crippen LogP contribution in [0, 0.1) is 5.92 Å². The highest BCUT2D eigenvalue weighted by Gasteiger charge is 2.27. The average molecular weight is 240 g/mol. The second-order valence-electron chi connectivity index (χ2n) is 3.10. The minimum absolute atomic E-state index is 0.371. The minimum Gasteiger partial charge on any atom is -0.380 e. The summed E-state index contributed by atoms with van der Waals surface area (Å²) in [5.74, 6) is 0.833. The molecule has 1 fully saturated rings. The first-order chi connectivity index (χ1) is 4.10. The molecule has 0 aromatic carbocycles. The third-order valence-electron chi connectivity index (χ3n) is 2.04. The molecule has 0 aromatic heterocycles. The summed E-state index contributed by atoms with van der Waals surface area (Å²) in [6.45, 7) is 2.26. The number of alkyl halides is 1. The highest BCUT2D eigenvalue weighted by Crippen LogP contribution is 2.36. The number of rotatable bonds is 0. The first-order valence-electron chi connectivity index (χ1n) is 3.51. The summed E-state index contributed by atoms with van der Waals surface area (Å²) in [6.07, 6.45) is 4.35. The normalized spacial score (nSPS) is 45.0. The highest BCUT2D eigenvalue weighted by atomic mass is 127. The Bertz CT molecular complexity index is 91.1. The molecule has 0 saturated heterocycles. The van der Waals surface area contributed by atoms with Crippen LogP contribution in [-0.4, -0.2) is 8.71 Å². The number of hydrogen-bond acceptors (Lipinski definition) is 1. The van der Waals surface area contributed by atoms with Crippen molar-refractivity contribution in [2.45, 2.75) is 36.2 Å². The molecule has 54 valence electrons. The Morgan fingerprint density at radius 2 is 1.89 bits per heavy atom. The summed E-state index contributed by atoms with van der Waals surface area (Å²) in [4.78, 5) is 0. The quantitative estimate of drug-likeness (QED) is 0.509. The lowest BCUT2D eigenvalue weighted by Gasteiger charge is -2.29. The molecule has 1 rings (SSSR count). The predicted molar refractivity (Wildman–Crippen MR) is 46.6 cm³/mol. The van der Waals surface area contributed by atoms with Crippen molar-refractivity contribution in [3.63, 3.8) is 0 Å². The molecule has 0 unspecified atom stereocenters. The van der Waals surface area contributed by atoms with Crippen LogP contribution in [0.5, 0.6) is 0 Å². The molecule has 0 bridgehead atoms. The highest BCUT2D eigenvalue weighted by molar-refractivity contribution is 14.1. The lowest BCUT2D eigenvalue weighted by Crippen LogP contribution is -2.25. The minimum atomic E-state index is -0.371. The lowest BCUT2D eigenvalue weighted by molar-refractivity contribution is 0.0958. The number of hydrogen-bond donors (Lipinski definition) is 1. The van der Waals surface area contributed by atoms with Crippen molar-refractivity contribution in [3.8, 4) is 0 Å². The largest absolute Gasteiger partial charge is 0.380 e. The van der Waals surface area contributed by atoms with E-state index < -0.39 is 0 Å². The summed E-state index contributed by atoms with van der Waals surface area (Å²) in [7, 11) is 0. The molecule has 0 atom stereocenters. The Morgan fingerprint density at radius 3 is 2.22 bits per heavy atom. The maximum atomic E-state index is 9.48. The van der Waals surface area contributed by atoms with E-state index in [2.05, 4.69) is 29.5 Å². The summed E-state index contributed by atoms with van der Waals surface area (Å²) in [6, 6.07) is 0. The zero-order chi connectivity index (χ0) is 6.91. The molecule has 0 aliphatic heterocycles. The Hall–Kier alpha value is 0.690. The van der Waals surface area contributed by atoms with Gasteiger partial charge in [0.1, 0.15) is 3.61 Å². The molecule has 0 radical (unpaired) electrons. The zero-order valence-electron chi connectivity index (χ0n) is 5.73. The van der Waals surface area contributed by atoms with Gasteiger partial charge < -0.3 is 5.11 Å². The fourth-order valence-corrected chi connectivity index (χ4v) is 1.83. The molecule has 1 aliphatic rings. The number of halogens is 1. The maximum Gasteiger partial charge on any atom is 0.115 e. The molecule has 1 aliphatic carbocycles. The van der Waals surface area contributed by atoms with Crippen LogP contribution in [0.3, 0.4) is 0 Å². The van der Waals surface area contributed by atoms with E-state index in [1.165, 1.54) is 12.8 Å². The van der Waals surface area contributed by atoms with Gasteiger partial charge in [0.15, 0.2) is 0 Å². The van der Waals surface area contributed by atoms with Crippen molar-refractivity contribution in [1.29, 1.82) is 0 Å². The van der Waals surface area contributed by atoms with Crippen molar-refractivity contribution in [1.82, 2.24) is 0 Å². The van der Waals surface area contributed by atoms with Gasteiger partial charge in [-0.05, 0) is 54.2 Å². The lowest BCUT2D eigenvalue weighted by atomic mass is 9.89. The first kappa shape index (κ1) is 7.79. The Kier molecular flexibility index (Phi) is 2.37. The fraction of sp³-hybridized carbons (Fsp3) is 1.00. The van der Waals surface area contributed by atoms with E-state index in [1.54, 1.807) is 0 Å². The Morgan fingerprint density at radius 1 is 1.44 bits per heavy atom. The summed E-state index contributed by atoms with van der Waals surface area (Å²) in [5.41, 5.74) is 0. The number of aliphatic hydroxyl groups is 1. The smallest absolute Gasteiger partial charge is 0.115 e.